The Morgan fingerprint density at radius 1 is 1.23 bits per heavy atom. The molecule has 0 radical (unpaired) electrons. The summed E-state index contributed by atoms with van der Waals surface area (Å²) in [5, 5.41) is 17.8. The Kier molecular flexibility index (Phi) is 2.89. The molecule has 68 valence electrons. The summed E-state index contributed by atoms with van der Waals surface area (Å²) < 4.78 is 0. The monoisotopic (exact) mass is 179 g/mol. The van der Waals surface area contributed by atoms with Gasteiger partial charge in [0.2, 0.25) is 0 Å². The quantitative estimate of drug-likeness (QED) is 0.246. The number of hydrogen-bond acceptors (Lipinski definition) is 3. The van der Waals surface area contributed by atoms with Crippen molar-refractivity contribution in [3.05, 3.63) is 24.3 Å². The molecular weight excluding hydrogens is 169 g/mol. The lowest BCUT2D eigenvalue weighted by Crippen LogP contribution is -2.31. The number of nitrogens with two attached hydrogens (primary N) is 2. The van der Waals surface area contributed by atoms with Crippen molar-refractivity contribution in [1.29, 1.82) is 0 Å². The van der Waals surface area contributed by atoms with Gasteiger partial charge in [-0.1, -0.05) is 18.2 Å². The van der Waals surface area contributed by atoms with Crippen LogP contribution >= 0.6 is 0 Å². The number of para-hydroxylation sites is 1. The summed E-state index contributed by atoms with van der Waals surface area (Å²) in [5.41, 5.74) is 10.9. The van der Waals surface area contributed by atoms with Gasteiger partial charge in [-0.15, -0.1) is 0 Å². The summed E-state index contributed by atoms with van der Waals surface area (Å²) in [4.78, 5) is 3.73. The number of nitrogens with zero attached hydrogens (tertiary/aromatic N) is 1. The lowest BCUT2D eigenvalue weighted by molar-refractivity contribution is 0.426. The zero-order valence-corrected chi connectivity index (χ0v) is 6.88. The Morgan fingerprint density at radius 2 is 1.85 bits per heavy atom. The zero-order valence-electron chi connectivity index (χ0n) is 6.88. The van der Waals surface area contributed by atoms with E-state index in [2.05, 4.69) is 4.99 Å². The van der Waals surface area contributed by atoms with Crippen LogP contribution in [0, 0.1) is 0 Å². The molecular formula is C7H10BN3O2. The molecule has 6 N–H and O–H groups in total. The van der Waals surface area contributed by atoms with E-state index in [4.69, 9.17) is 21.5 Å². The molecule has 0 atom stereocenters. The number of hydrogen-bond donors (Lipinski definition) is 4. The second-order valence-electron chi connectivity index (χ2n) is 2.47. The smallest absolute Gasteiger partial charge is 0.423 e. The average Bonchev–Trinajstić information content (AvgIpc) is 2.03. The Labute approximate surface area is 75.9 Å². The highest BCUT2D eigenvalue weighted by Gasteiger charge is 2.14. The lowest BCUT2D eigenvalue weighted by Gasteiger charge is -2.03. The van der Waals surface area contributed by atoms with Crippen LogP contribution in [0.25, 0.3) is 0 Å². The number of aliphatic imine (C=N–C) groups is 1. The standard InChI is InChI=1S/C7H10BN3O2/c9-7(10)11-6-4-2-1-3-5(6)8(12)13/h1-4,12-13H,(H4,9,10,11). The fourth-order valence-electron chi connectivity index (χ4n) is 0.947. The van der Waals surface area contributed by atoms with Gasteiger partial charge < -0.3 is 21.5 Å². The van der Waals surface area contributed by atoms with E-state index in [-0.39, 0.29) is 11.4 Å². The Bertz CT molecular complexity index is 323. The fraction of sp³-hybridized carbons (Fsp3) is 0. The average molecular weight is 179 g/mol. The van der Waals surface area contributed by atoms with Gasteiger partial charge in [0, 0.05) is 5.46 Å². The molecule has 0 aromatic heterocycles. The molecule has 0 bridgehead atoms. The van der Waals surface area contributed by atoms with E-state index in [1.807, 2.05) is 0 Å². The third kappa shape index (κ3) is 2.46. The predicted octanol–water partition coefficient (Wildman–Crippen LogP) is -1.73. The molecule has 1 aromatic carbocycles. The molecule has 13 heavy (non-hydrogen) atoms. The van der Waals surface area contributed by atoms with E-state index < -0.39 is 7.12 Å². The van der Waals surface area contributed by atoms with Crippen LogP contribution in [0.2, 0.25) is 0 Å². The van der Waals surface area contributed by atoms with Gasteiger partial charge in [0.15, 0.2) is 5.96 Å². The predicted molar refractivity (Wildman–Crippen MR) is 51.7 cm³/mol. The molecule has 0 fully saturated rings. The topological polar surface area (TPSA) is 105 Å². The highest BCUT2D eigenvalue weighted by Crippen LogP contribution is 2.07. The van der Waals surface area contributed by atoms with Crippen LogP contribution in [-0.4, -0.2) is 23.1 Å². The van der Waals surface area contributed by atoms with Gasteiger partial charge in [-0.2, -0.15) is 0 Å². The molecule has 0 aliphatic heterocycles. The van der Waals surface area contributed by atoms with Gasteiger partial charge in [-0.25, -0.2) is 4.99 Å². The molecule has 6 heteroatoms. The summed E-state index contributed by atoms with van der Waals surface area (Å²) in [6.07, 6.45) is 0. The van der Waals surface area contributed by atoms with Crippen molar-refractivity contribution in [3.8, 4) is 0 Å². The molecule has 0 amide bonds. The second-order valence-corrected chi connectivity index (χ2v) is 2.47. The van der Waals surface area contributed by atoms with E-state index in [1.165, 1.54) is 6.07 Å². The minimum atomic E-state index is -1.57. The first-order chi connectivity index (χ1) is 6.11. The minimum Gasteiger partial charge on any atom is -0.423 e. The molecule has 5 nitrogen and oxygen atoms in total. The lowest BCUT2D eigenvalue weighted by atomic mass is 9.79. The van der Waals surface area contributed by atoms with Gasteiger partial charge in [-0.3, -0.25) is 0 Å². The van der Waals surface area contributed by atoms with Crippen molar-refractivity contribution in [2.24, 2.45) is 16.5 Å². The van der Waals surface area contributed by atoms with Crippen molar-refractivity contribution in [1.82, 2.24) is 0 Å². The first-order valence-electron chi connectivity index (χ1n) is 3.66. The number of benzene rings is 1. The summed E-state index contributed by atoms with van der Waals surface area (Å²) in [6.45, 7) is 0. The molecule has 0 spiro atoms. The molecule has 0 aliphatic rings. The summed E-state index contributed by atoms with van der Waals surface area (Å²) in [5.74, 6) is -0.117. The maximum atomic E-state index is 8.92. The second kappa shape index (κ2) is 3.93. The minimum absolute atomic E-state index is 0.117. The van der Waals surface area contributed by atoms with Crippen molar-refractivity contribution in [2.45, 2.75) is 0 Å². The normalized spacial score (nSPS) is 9.38. The van der Waals surface area contributed by atoms with Crippen LogP contribution in [0.15, 0.2) is 29.3 Å². The first kappa shape index (κ1) is 9.56. The van der Waals surface area contributed by atoms with Crippen molar-refractivity contribution < 1.29 is 10.0 Å². The van der Waals surface area contributed by atoms with Gasteiger partial charge in [0.05, 0.1) is 5.69 Å². The largest absolute Gasteiger partial charge is 0.490 e. The molecule has 0 unspecified atom stereocenters. The molecule has 0 saturated carbocycles. The molecule has 0 aliphatic carbocycles. The third-order valence-electron chi connectivity index (χ3n) is 1.46. The van der Waals surface area contributed by atoms with E-state index in [1.54, 1.807) is 18.2 Å². The fourth-order valence-corrected chi connectivity index (χ4v) is 0.947. The van der Waals surface area contributed by atoms with E-state index in [9.17, 15) is 0 Å². The van der Waals surface area contributed by atoms with E-state index in [0.717, 1.165) is 0 Å². The third-order valence-corrected chi connectivity index (χ3v) is 1.46. The number of guanidine groups is 1. The summed E-state index contributed by atoms with van der Waals surface area (Å²) >= 11 is 0. The van der Waals surface area contributed by atoms with Crippen molar-refractivity contribution in [3.63, 3.8) is 0 Å². The van der Waals surface area contributed by atoms with Gasteiger partial charge in [-0.05, 0) is 6.07 Å². The van der Waals surface area contributed by atoms with Crippen molar-refractivity contribution in [2.75, 3.05) is 0 Å². The van der Waals surface area contributed by atoms with E-state index in [0.29, 0.717) is 5.69 Å². The highest BCUT2D eigenvalue weighted by atomic mass is 16.4. The van der Waals surface area contributed by atoms with Crippen LogP contribution in [-0.2, 0) is 0 Å². The molecule has 0 saturated heterocycles. The highest BCUT2D eigenvalue weighted by molar-refractivity contribution is 6.60. The SMILES string of the molecule is NC(N)=Nc1ccccc1B(O)O. The first-order valence-corrected chi connectivity index (χ1v) is 3.66. The molecule has 1 aromatic rings. The summed E-state index contributed by atoms with van der Waals surface area (Å²) in [6, 6.07) is 6.50. The molecule has 0 heterocycles. The maximum absolute atomic E-state index is 8.92. The van der Waals surface area contributed by atoms with Gasteiger partial charge in [0.1, 0.15) is 0 Å². The van der Waals surface area contributed by atoms with Crippen molar-refractivity contribution >= 4 is 24.2 Å². The Hall–Kier alpha value is -1.53. The van der Waals surface area contributed by atoms with Crippen LogP contribution in [0.4, 0.5) is 5.69 Å². The maximum Gasteiger partial charge on any atom is 0.490 e. The van der Waals surface area contributed by atoms with Crippen LogP contribution in [0.5, 0.6) is 0 Å². The van der Waals surface area contributed by atoms with E-state index >= 15 is 0 Å². The van der Waals surface area contributed by atoms with Crippen LogP contribution in [0.3, 0.4) is 0 Å². The Balaban J connectivity index is 3.12. The Morgan fingerprint density at radius 3 is 2.38 bits per heavy atom. The zero-order chi connectivity index (χ0) is 9.84. The van der Waals surface area contributed by atoms with Crippen LogP contribution < -0.4 is 16.9 Å². The summed E-state index contributed by atoms with van der Waals surface area (Å²) in [7, 11) is -1.57. The van der Waals surface area contributed by atoms with Crippen LogP contribution in [0.1, 0.15) is 0 Å². The number of rotatable bonds is 2. The van der Waals surface area contributed by atoms with Gasteiger partial charge >= 0.3 is 7.12 Å². The molecule has 1 rings (SSSR count). The van der Waals surface area contributed by atoms with Gasteiger partial charge in [0.25, 0.3) is 0 Å².